The van der Waals surface area contributed by atoms with Gasteiger partial charge in [-0.15, -0.1) is 23.2 Å². The SMILES string of the molecule is N#C/C(=C\C1CCC(Cl)C(Cl)C1)C1CCC([N+](=O)[O-])CC1. The van der Waals surface area contributed by atoms with Crippen molar-refractivity contribution >= 4 is 23.2 Å². The number of nitriles is 1. The lowest BCUT2D eigenvalue weighted by Gasteiger charge is -2.29. The monoisotopic (exact) mass is 330 g/mol. The van der Waals surface area contributed by atoms with E-state index in [1.165, 1.54) is 0 Å². The molecule has 2 saturated carbocycles. The van der Waals surface area contributed by atoms with Crippen LogP contribution in [0, 0.1) is 33.3 Å². The Morgan fingerprint density at radius 3 is 2.33 bits per heavy atom. The highest BCUT2D eigenvalue weighted by Gasteiger charge is 2.31. The summed E-state index contributed by atoms with van der Waals surface area (Å²) >= 11 is 12.3. The molecule has 0 bridgehead atoms. The summed E-state index contributed by atoms with van der Waals surface area (Å²) in [5.41, 5.74) is 0.790. The Hall–Kier alpha value is -0.790. The number of hydrogen-bond acceptors (Lipinski definition) is 3. The summed E-state index contributed by atoms with van der Waals surface area (Å²) in [5.74, 6) is 0.485. The van der Waals surface area contributed by atoms with E-state index in [0.29, 0.717) is 18.8 Å². The molecule has 0 N–H and O–H groups in total. The maximum Gasteiger partial charge on any atom is 0.213 e. The van der Waals surface area contributed by atoms with Crippen LogP contribution >= 0.6 is 23.2 Å². The van der Waals surface area contributed by atoms with Gasteiger partial charge in [0.1, 0.15) is 0 Å². The maximum absolute atomic E-state index is 10.8. The number of nitro groups is 1. The number of hydrogen-bond donors (Lipinski definition) is 0. The quantitative estimate of drug-likeness (QED) is 0.335. The van der Waals surface area contributed by atoms with Gasteiger partial charge in [-0.3, -0.25) is 10.1 Å². The van der Waals surface area contributed by atoms with Gasteiger partial charge in [-0.2, -0.15) is 5.26 Å². The second-order valence-electron chi connectivity index (χ2n) is 6.13. The molecule has 0 saturated heterocycles. The second kappa shape index (κ2) is 7.47. The first-order chi connectivity index (χ1) is 10.0. The Morgan fingerprint density at radius 1 is 1.14 bits per heavy atom. The molecule has 116 valence electrons. The van der Waals surface area contributed by atoms with E-state index in [-0.39, 0.29) is 21.6 Å². The molecule has 0 amide bonds. The van der Waals surface area contributed by atoms with Crippen LogP contribution in [-0.4, -0.2) is 21.7 Å². The Morgan fingerprint density at radius 2 is 1.81 bits per heavy atom. The predicted molar refractivity (Wildman–Crippen MR) is 83.1 cm³/mol. The molecule has 0 aromatic heterocycles. The van der Waals surface area contributed by atoms with Gasteiger partial charge in [0.05, 0.1) is 11.4 Å². The fraction of sp³-hybridized carbons (Fsp3) is 0.800. The number of rotatable bonds is 3. The fourth-order valence-corrected chi connectivity index (χ4v) is 3.96. The van der Waals surface area contributed by atoms with Crippen LogP contribution < -0.4 is 0 Å². The highest BCUT2D eigenvalue weighted by Crippen LogP contribution is 2.36. The Bertz CT molecular complexity index is 453. The molecule has 0 heterocycles. The second-order valence-corrected chi connectivity index (χ2v) is 7.25. The standard InChI is InChI=1S/C15H20Cl2N2O2/c16-14-6-1-10(8-15(14)17)7-12(9-18)11-2-4-13(5-3-11)19(20)21/h7,10-11,13-15H,1-6,8H2/b12-7+. The van der Waals surface area contributed by atoms with Crippen molar-refractivity contribution < 1.29 is 4.92 Å². The highest BCUT2D eigenvalue weighted by molar-refractivity contribution is 6.30. The van der Waals surface area contributed by atoms with Crippen molar-refractivity contribution in [3.8, 4) is 6.07 Å². The summed E-state index contributed by atoms with van der Waals surface area (Å²) in [6.45, 7) is 0. The van der Waals surface area contributed by atoms with Gasteiger partial charge in [-0.1, -0.05) is 6.08 Å². The largest absolute Gasteiger partial charge is 0.264 e. The van der Waals surface area contributed by atoms with E-state index in [4.69, 9.17) is 23.2 Å². The van der Waals surface area contributed by atoms with Crippen molar-refractivity contribution in [2.24, 2.45) is 11.8 Å². The zero-order chi connectivity index (χ0) is 15.4. The van der Waals surface area contributed by atoms with Crippen molar-refractivity contribution in [1.29, 1.82) is 5.26 Å². The smallest absolute Gasteiger partial charge is 0.213 e. The molecular weight excluding hydrogens is 311 g/mol. The average molecular weight is 331 g/mol. The molecule has 21 heavy (non-hydrogen) atoms. The van der Waals surface area contributed by atoms with Crippen molar-refractivity contribution in [1.82, 2.24) is 0 Å². The fourth-order valence-electron chi connectivity index (χ4n) is 3.38. The van der Waals surface area contributed by atoms with Gasteiger partial charge < -0.3 is 0 Å². The summed E-state index contributed by atoms with van der Waals surface area (Å²) in [6, 6.07) is 1.87. The van der Waals surface area contributed by atoms with E-state index in [9.17, 15) is 15.4 Å². The van der Waals surface area contributed by atoms with E-state index in [0.717, 1.165) is 37.7 Å². The summed E-state index contributed by atoms with van der Waals surface area (Å²) < 4.78 is 0. The molecule has 2 aliphatic rings. The van der Waals surface area contributed by atoms with Crippen LogP contribution in [0.1, 0.15) is 44.9 Å². The normalized spacial score (nSPS) is 37.8. The molecule has 2 fully saturated rings. The van der Waals surface area contributed by atoms with E-state index >= 15 is 0 Å². The Balaban J connectivity index is 1.96. The number of nitrogens with zero attached hydrogens (tertiary/aromatic N) is 2. The lowest BCUT2D eigenvalue weighted by atomic mass is 9.79. The summed E-state index contributed by atoms with van der Waals surface area (Å²) in [4.78, 5) is 10.6. The van der Waals surface area contributed by atoms with E-state index in [1.807, 2.05) is 0 Å². The molecule has 2 aliphatic carbocycles. The van der Waals surface area contributed by atoms with Crippen molar-refractivity contribution in [3.63, 3.8) is 0 Å². The summed E-state index contributed by atoms with van der Waals surface area (Å²) in [5, 5.41) is 20.2. The third-order valence-corrected chi connectivity index (χ3v) is 5.85. The number of allylic oxidation sites excluding steroid dienone is 2. The van der Waals surface area contributed by atoms with Gasteiger partial charge in [0.15, 0.2) is 0 Å². The highest BCUT2D eigenvalue weighted by atomic mass is 35.5. The van der Waals surface area contributed by atoms with Crippen LogP contribution in [0.3, 0.4) is 0 Å². The minimum atomic E-state index is -0.430. The number of alkyl halides is 2. The van der Waals surface area contributed by atoms with Crippen LogP contribution in [0.25, 0.3) is 0 Å². The van der Waals surface area contributed by atoms with Crippen molar-refractivity contribution in [2.75, 3.05) is 0 Å². The van der Waals surface area contributed by atoms with Gasteiger partial charge in [0.2, 0.25) is 6.04 Å². The molecule has 0 radical (unpaired) electrons. The predicted octanol–water partition coefficient (Wildman–Crippen LogP) is 4.29. The molecule has 0 aromatic carbocycles. The molecule has 0 aromatic rings. The molecule has 0 spiro atoms. The zero-order valence-corrected chi connectivity index (χ0v) is 13.4. The van der Waals surface area contributed by atoms with E-state index in [1.54, 1.807) is 0 Å². The summed E-state index contributed by atoms with van der Waals surface area (Å²) in [6.07, 6.45) is 7.32. The van der Waals surface area contributed by atoms with Crippen LogP contribution in [0.4, 0.5) is 0 Å². The maximum atomic E-state index is 10.8. The lowest BCUT2D eigenvalue weighted by molar-refractivity contribution is -0.526. The van der Waals surface area contributed by atoms with Crippen molar-refractivity contribution in [3.05, 3.63) is 21.8 Å². The van der Waals surface area contributed by atoms with Gasteiger partial charge in [0.25, 0.3) is 0 Å². The first kappa shape index (κ1) is 16.6. The van der Waals surface area contributed by atoms with Gasteiger partial charge in [-0.25, -0.2) is 0 Å². The Labute approximate surface area is 135 Å². The number of halogens is 2. The first-order valence-electron chi connectivity index (χ1n) is 7.54. The molecule has 0 aliphatic heterocycles. The lowest BCUT2D eigenvalue weighted by Crippen LogP contribution is -2.27. The molecule has 2 rings (SSSR count). The molecule has 3 unspecified atom stereocenters. The van der Waals surface area contributed by atoms with Crippen LogP contribution in [0.5, 0.6) is 0 Å². The van der Waals surface area contributed by atoms with Crippen LogP contribution in [0.2, 0.25) is 0 Å². The average Bonchev–Trinajstić information content (AvgIpc) is 2.48. The third kappa shape index (κ3) is 4.34. The third-order valence-electron chi connectivity index (χ3n) is 4.71. The minimum absolute atomic E-state index is 0.0254. The van der Waals surface area contributed by atoms with E-state index < -0.39 is 6.04 Å². The molecular formula is C15H20Cl2N2O2. The van der Waals surface area contributed by atoms with Crippen molar-refractivity contribution in [2.45, 2.75) is 61.7 Å². The van der Waals surface area contributed by atoms with Crippen LogP contribution in [-0.2, 0) is 0 Å². The van der Waals surface area contributed by atoms with Gasteiger partial charge in [0, 0.05) is 28.7 Å². The molecule has 4 nitrogen and oxygen atoms in total. The van der Waals surface area contributed by atoms with Crippen LogP contribution in [0.15, 0.2) is 11.6 Å². The van der Waals surface area contributed by atoms with E-state index in [2.05, 4.69) is 12.1 Å². The van der Waals surface area contributed by atoms with Gasteiger partial charge in [-0.05, 0) is 43.9 Å². The summed E-state index contributed by atoms with van der Waals surface area (Å²) in [7, 11) is 0. The Kier molecular flexibility index (Phi) is 5.89. The van der Waals surface area contributed by atoms with Gasteiger partial charge >= 0.3 is 0 Å². The zero-order valence-electron chi connectivity index (χ0n) is 11.9. The molecule has 6 heteroatoms. The minimum Gasteiger partial charge on any atom is -0.264 e. The first-order valence-corrected chi connectivity index (χ1v) is 8.42. The topological polar surface area (TPSA) is 66.9 Å². The molecule has 3 atom stereocenters.